The molecule has 0 unspecified atom stereocenters. The Morgan fingerprint density at radius 1 is 1.50 bits per heavy atom. The molecule has 0 amide bonds. The van der Waals surface area contributed by atoms with Crippen LogP contribution in [0.4, 0.5) is 0 Å². The maximum absolute atomic E-state index is 11.6. The Labute approximate surface area is 94.2 Å². The number of nitrogens with two attached hydrogens (primary N) is 1. The summed E-state index contributed by atoms with van der Waals surface area (Å²) in [5.74, 6) is 0. The van der Waals surface area contributed by atoms with E-state index in [9.17, 15) is 8.42 Å². The fraction of sp³-hybridized carbons (Fsp3) is 0.333. The predicted octanol–water partition coefficient (Wildman–Crippen LogP) is -0.420. The van der Waals surface area contributed by atoms with E-state index in [2.05, 4.69) is 9.71 Å². The van der Waals surface area contributed by atoms with E-state index in [-0.39, 0.29) is 10.6 Å². The third kappa shape index (κ3) is 3.27. The minimum Gasteiger partial charge on any atom is -0.330 e. The van der Waals surface area contributed by atoms with Crippen LogP contribution in [0.2, 0.25) is 0 Å². The van der Waals surface area contributed by atoms with Gasteiger partial charge in [-0.1, -0.05) is 0 Å². The summed E-state index contributed by atoms with van der Waals surface area (Å²) >= 11 is 0. The van der Waals surface area contributed by atoms with E-state index in [1.807, 2.05) is 6.07 Å². The topological polar surface area (TPSA) is 109 Å². The molecule has 0 aliphatic heterocycles. The van der Waals surface area contributed by atoms with Gasteiger partial charge in [0.25, 0.3) is 0 Å². The van der Waals surface area contributed by atoms with E-state index in [1.54, 1.807) is 0 Å². The molecule has 16 heavy (non-hydrogen) atoms. The number of hydrogen-bond acceptors (Lipinski definition) is 5. The first-order chi connectivity index (χ1) is 7.60. The second-order valence-corrected chi connectivity index (χ2v) is 4.80. The molecule has 86 valence electrons. The predicted molar refractivity (Wildman–Crippen MR) is 57.8 cm³/mol. The van der Waals surface area contributed by atoms with Gasteiger partial charge in [0.1, 0.15) is 16.7 Å². The lowest BCUT2D eigenvalue weighted by Crippen LogP contribution is -2.26. The summed E-state index contributed by atoms with van der Waals surface area (Å²) in [6.07, 6.45) is 1.73. The van der Waals surface area contributed by atoms with Crippen molar-refractivity contribution in [1.82, 2.24) is 9.71 Å². The Balaban J connectivity index is 2.79. The number of pyridine rings is 1. The number of nitrogens with one attached hydrogen (secondary N) is 1. The first kappa shape index (κ1) is 12.6. The van der Waals surface area contributed by atoms with Gasteiger partial charge in [0.15, 0.2) is 0 Å². The Hall–Kier alpha value is -1.49. The van der Waals surface area contributed by atoms with Crippen molar-refractivity contribution >= 4 is 10.0 Å². The van der Waals surface area contributed by atoms with Crippen molar-refractivity contribution in [3.8, 4) is 6.07 Å². The standard InChI is InChI=1S/C9H12N4O2S/c10-4-1-5-13-16(14,15)9-3-2-8(6-11)12-7-9/h2-3,7,13H,1,4-5,10H2. The fourth-order valence-corrected chi connectivity index (χ4v) is 2.02. The molecule has 0 saturated carbocycles. The van der Waals surface area contributed by atoms with Crippen LogP contribution in [0.15, 0.2) is 23.2 Å². The molecule has 0 radical (unpaired) electrons. The molecule has 6 nitrogen and oxygen atoms in total. The van der Waals surface area contributed by atoms with E-state index in [0.717, 1.165) is 6.20 Å². The third-order valence-corrected chi connectivity index (χ3v) is 3.28. The van der Waals surface area contributed by atoms with Gasteiger partial charge in [-0.15, -0.1) is 0 Å². The largest absolute Gasteiger partial charge is 0.330 e. The lowest BCUT2D eigenvalue weighted by Gasteiger charge is -2.05. The molecule has 1 aromatic heterocycles. The zero-order chi connectivity index (χ0) is 12.0. The second-order valence-electron chi connectivity index (χ2n) is 3.03. The zero-order valence-electron chi connectivity index (χ0n) is 8.55. The van der Waals surface area contributed by atoms with E-state index >= 15 is 0 Å². The molecular weight excluding hydrogens is 228 g/mol. The molecule has 1 aromatic rings. The van der Waals surface area contributed by atoms with Crippen LogP contribution in [0.25, 0.3) is 0 Å². The van der Waals surface area contributed by atoms with Gasteiger partial charge in [-0.3, -0.25) is 0 Å². The van der Waals surface area contributed by atoms with Crippen LogP contribution < -0.4 is 10.5 Å². The summed E-state index contributed by atoms with van der Waals surface area (Å²) in [7, 11) is -3.53. The summed E-state index contributed by atoms with van der Waals surface area (Å²) in [6, 6.07) is 4.52. The summed E-state index contributed by atoms with van der Waals surface area (Å²) in [5.41, 5.74) is 5.43. The molecule has 0 aliphatic rings. The van der Waals surface area contributed by atoms with Gasteiger partial charge in [0.2, 0.25) is 10.0 Å². The molecule has 0 aliphatic carbocycles. The van der Waals surface area contributed by atoms with Crippen molar-refractivity contribution in [2.45, 2.75) is 11.3 Å². The Morgan fingerprint density at radius 2 is 2.25 bits per heavy atom. The van der Waals surface area contributed by atoms with Gasteiger partial charge < -0.3 is 5.73 Å². The Morgan fingerprint density at radius 3 is 2.75 bits per heavy atom. The number of nitrogens with zero attached hydrogens (tertiary/aromatic N) is 2. The van der Waals surface area contributed by atoms with Crippen molar-refractivity contribution in [3.63, 3.8) is 0 Å². The first-order valence-corrected chi connectivity index (χ1v) is 6.14. The van der Waals surface area contributed by atoms with E-state index in [4.69, 9.17) is 11.0 Å². The molecule has 0 fully saturated rings. The number of rotatable bonds is 5. The van der Waals surface area contributed by atoms with E-state index in [1.165, 1.54) is 12.1 Å². The molecule has 1 rings (SSSR count). The summed E-state index contributed by atoms with van der Waals surface area (Å²) < 4.78 is 25.6. The first-order valence-electron chi connectivity index (χ1n) is 4.66. The van der Waals surface area contributed by atoms with Crippen molar-refractivity contribution < 1.29 is 8.42 Å². The molecule has 0 atom stereocenters. The lowest BCUT2D eigenvalue weighted by molar-refractivity contribution is 0.579. The highest BCUT2D eigenvalue weighted by Gasteiger charge is 2.13. The molecule has 3 N–H and O–H groups in total. The minimum absolute atomic E-state index is 0.0449. The molecular formula is C9H12N4O2S. The monoisotopic (exact) mass is 240 g/mol. The summed E-state index contributed by atoms with van der Waals surface area (Å²) in [6.45, 7) is 0.715. The molecule has 0 aromatic carbocycles. The normalized spacial score (nSPS) is 11.0. The Kier molecular flexibility index (Phi) is 4.37. The number of nitriles is 1. The highest BCUT2D eigenvalue weighted by Crippen LogP contribution is 2.06. The SMILES string of the molecule is N#Cc1ccc(S(=O)(=O)NCCCN)cn1. The van der Waals surface area contributed by atoms with Gasteiger partial charge in [0, 0.05) is 12.7 Å². The fourth-order valence-electron chi connectivity index (χ4n) is 0.997. The molecule has 0 saturated heterocycles. The molecule has 0 bridgehead atoms. The van der Waals surface area contributed by atoms with Crippen LogP contribution in [0.5, 0.6) is 0 Å². The quantitative estimate of drug-likeness (QED) is 0.679. The number of hydrogen-bond donors (Lipinski definition) is 2. The van der Waals surface area contributed by atoms with Gasteiger partial charge >= 0.3 is 0 Å². The van der Waals surface area contributed by atoms with Crippen molar-refractivity contribution in [1.29, 1.82) is 5.26 Å². The lowest BCUT2D eigenvalue weighted by atomic mass is 10.4. The average Bonchev–Trinajstić information content (AvgIpc) is 2.29. The van der Waals surface area contributed by atoms with Crippen molar-refractivity contribution in [2.75, 3.05) is 13.1 Å². The summed E-state index contributed by atoms with van der Waals surface area (Å²) in [4.78, 5) is 3.73. The van der Waals surface area contributed by atoms with E-state index in [0.29, 0.717) is 19.5 Å². The third-order valence-electron chi connectivity index (χ3n) is 1.83. The van der Waals surface area contributed by atoms with Gasteiger partial charge in [-0.05, 0) is 25.1 Å². The molecule has 0 spiro atoms. The highest BCUT2D eigenvalue weighted by molar-refractivity contribution is 7.89. The Bertz CT molecular complexity index is 475. The van der Waals surface area contributed by atoms with Crippen LogP contribution in [0.3, 0.4) is 0 Å². The molecule has 1 heterocycles. The van der Waals surface area contributed by atoms with Gasteiger partial charge in [-0.2, -0.15) is 5.26 Å². The average molecular weight is 240 g/mol. The van der Waals surface area contributed by atoms with E-state index < -0.39 is 10.0 Å². The van der Waals surface area contributed by atoms with Gasteiger partial charge in [0.05, 0.1) is 0 Å². The van der Waals surface area contributed by atoms with Crippen LogP contribution in [-0.2, 0) is 10.0 Å². The van der Waals surface area contributed by atoms with Gasteiger partial charge in [-0.25, -0.2) is 18.1 Å². The van der Waals surface area contributed by atoms with Crippen LogP contribution in [0, 0.1) is 11.3 Å². The maximum atomic E-state index is 11.6. The van der Waals surface area contributed by atoms with Crippen LogP contribution in [0.1, 0.15) is 12.1 Å². The number of aromatic nitrogens is 1. The van der Waals surface area contributed by atoms with Crippen LogP contribution in [-0.4, -0.2) is 26.5 Å². The smallest absolute Gasteiger partial charge is 0.242 e. The minimum atomic E-state index is -3.53. The maximum Gasteiger partial charge on any atom is 0.242 e. The second kappa shape index (κ2) is 5.55. The van der Waals surface area contributed by atoms with Crippen molar-refractivity contribution in [2.24, 2.45) is 5.73 Å². The summed E-state index contributed by atoms with van der Waals surface area (Å²) in [5, 5.41) is 8.51. The van der Waals surface area contributed by atoms with Crippen molar-refractivity contribution in [3.05, 3.63) is 24.0 Å². The number of sulfonamides is 1. The zero-order valence-corrected chi connectivity index (χ0v) is 9.37. The molecule has 7 heteroatoms. The van der Waals surface area contributed by atoms with Crippen LogP contribution >= 0.6 is 0 Å². The highest BCUT2D eigenvalue weighted by atomic mass is 32.2.